The zero-order valence-corrected chi connectivity index (χ0v) is 9.87. The molecule has 1 saturated heterocycles. The third-order valence-electron chi connectivity index (χ3n) is 3.03. The molecule has 0 aliphatic carbocycles. The number of nitriles is 1. The summed E-state index contributed by atoms with van der Waals surface area (Å²) >= 11 is 0. The number of carbonyl (C=O) groups is 1. The molecule has 0 radical (unpaired) electrons. The lowest BCUT2D eigenvalue weighted by atomic mass is 10.0. The average Bonchev–Trinajstić information content (AvgIpc) is 2.38. The maximum Gasteiger partial charge on any atom is 0.220 e. The number of piperidine rings is 1. The van der Waals surface area contributed by atoms with Crippen LogP contribution in [0.15, 0.2) is 18.2 Å². The van der Waals surface area contributed by atoms with Gasteiger partial charge >= 0.3 is 0 Å². The molecule has 1 amide bonds. The Hall–Kier alpha value is -1.93. The topological polar surface area (TPSA) is 64.9 Å². The Balaban J connectivity index is 1.96. The van der Waals surface area contributed by atoms with Crippen molar-refractivity contribution in [3.63, 3.8) is 0 Å². The molecule has 1 aliphatic rings. The monoisotopic (exact) mass is 247 g/mol. The highest BCUT2D eigenvalue weighted by molar-refractivity contribution is 5.76. The number of rotatable bonds is 3. The number of hydrogen-bond acceptors (Lipinski definition) is 3. The second kappa shape index (κ2) is 5.61. The van der Waals surface area contributed by atoms with Gasteiger partial charge in [-0.05, 0) is 30.2 Å². The van der Waals surface area contributed by atoms with Crippen molar-refractivity contribution >= 4 is 5.91 Å². The number of hydrogen-bond donors (Lipinski definition) is 2. The fourth-order valence-corrected chi connectivity index (χ4v) is 1.98. The molecular weight excluding hydrogens is 233 g/mol. The molecule has 5 heteroatoms. The lowest BCUT2D eigenvalue weighted by molar-refractivity contribution is -0.122. The highest BCUT2D eigenvalue weighted by Gasteiger charge is 2.17. The highest BCUT2D eigenvalue weighted by Crippen LogP contribution is 2.11. The van der Waals surface area contributed by atoms with Gasteiger partial charge in [-0.25, -0.2) is 4.39 Å². The Morgan fingerprint density at radius 3 is 3.06 bits per heavy atom. The van der Waals surface area contributed by atoms with Gasteiger partial charge in [0.2, 0.25) is 5.91 Å². The average molecular weight is 247 g/mol. The molecular formula is C13H14FN3O. The van der Waals surface area contributed by atoms with Gasteiger partial charge in [-0.2, -0.15) is 5.26 Å². The molecule has 18 heavy (non-hydrogen) atoms. The summed E-state index contributed by atoms with van der Waals surface area (Å²) in [5, 5.41) is 14.9. The van der Waals surface area contributed by atoms with E-state index in [0.29, 0.717) is 30.6 Å². The van der Waals surface area contributed by atoms with Gasteiger partial charge in [0, 0.05) is 25.6 Å². The van der Waals surface area contributed by atoms with Gasteiger partial charge < -0.3 is 10.6 Å². The van der Waals surface area contributed by atoms with E-state index in [4.69, 9.17) is 5.26 Å². The maximum absolute atomic E-state index is 13.1. The van der Waals surface area contributed by atoms with Crippen molar-refractivity contribution in [2.45, 2.75) is 25.4 Å². The number of amides is 1. The van der Waals surface area contributed by atoms with Crippen LogP contribution in [0.1, 0.15) is 24.0 Å². The summed E-state index contributed by atoms with van der Waals surface area (Å²) in [6, 6.07) is 6.35. The third kappa shape index (κ3) is 3.05. The molecule has 0 bridgehead atoms. The number of carbonyl (C=O) groups excluding carboxylic acids is 1. The number of nitrogens with one attached hydrogen (secondary N) is 2. The Morgan fingerprint density at radius 1 is 1.56 bits per heavy atom. The van der Waals surface area contributed by atoms with Crippen molar-refractivity contribution in [1.29, 1.82) is 5.26 Å². The van der Waals surface area contributed by atoms with E-state index in [1.54, 1.807) is 0 Å². The van der Waals surface area contributed by atoms with Crippen LogP contribution in [0.4, 0.5) is 4.39 Å². The first-order valence-electron chi connectivity index (χ1n) is 5.87. The summed E-state index contributed by atoms with van der Waals surface area (Å²) in [4.78, 5) is 11.0. The first-order chi connectivity index (χ1) is 8.69. The van der Waals surface area contributed by atoms with Gasteiger partial charge in [0.05, 0.1) is 11.6 Å². The van der Waals surface area contributed by atoms with Crippen LogP contribution in [0.2, 0.25) is 0 Å². The Morgan fingerprint density at radius 2 is 2.39 bits per heavy atom. The van der Waals surface area contributed by atoms with Gasteiger partial charge in [-0.3, -0.25) is 4.79 Å². The van der Waals surface area contributed by atoms with Crippen molar-refractivity contribution in [2.24, 2.45) is 0 Å². The number of nitrogens with zero attached hydrogens (tertiary/aromatic N) is 1. The summed E-state index contributed by atoms with van der Waals surface area (Å²) in [6.07, 6.45) is 1.27. The van der Waals surface area contributed by atoms with Crippen LogP contribution >= 0.6 is 0 Å². The predicted octanol–water partition coefficient (Wildman–Crippen LogP) is 1.07. The molecule has 1 aromatic rings. The Labute approximate surface area is 105 Å². The maximum atomic E-state index is 13.1. The molecule has 1 aliphatic heterocycles. The predicted molar refractivity (Wildman–Crippen MR) is 64.0 cm³/mol. The van der Waals surface area contributed by atoms with Crippen LogP contribution < -0.4 is 10.6 Å². The summed E-state index contributed by atoms with van der Waals surface area (Å²) < 4.78 is 13.1. The van der Waals surface area contributed by atoms with E-state index in [2.05, 4.69) is 10.6 Å². The van der Waals surface area contributed by atoms with Gasteiger partial charge in [0.25, 0.3) is 0 Å². The van der Waals surface area contributed by atoms with Crippen molar-refractivity contribution < 1.29 is 9.18 Å². The zero-order valence-electron chi connectivity index (χ0n) is 9.87. The molecule has 0 aromatic heterocycles. The smallest absolute Gasteiger partial charge is 0.220 e. The van der Waals surface area contributed by atoms with Crippen LogP contribution in [0, 0.1) is 17.1 Å². The van der Waals surface area contributed by atoms with Crippen LogP contribution in [-0.2, 0) is 11.3 Å². The number of benzene rings is 1. The first kappa shape index (κ1) is 12.5. The second-order valence-electron chi connectivity index (χ2n) is 4.33. The molecule has 2 rings (SSSR count). The highest BCUT2D eigenvalue weighted by atomic mass is 19.1. The van der Waals surface area contributed by atoms with E-state index in [-0.39, 0.29) is 17.8 Å². The van der Waals surface area contributed by atoms with Crippen molar-refractivity contribution in [1.82, 2.24) is 10.6 Å². The minimum absolute atomic E-state index is 0.0662. The lowest BCUT2D eigenvalue weighted by Gasteiger charge is -2.23. The summed E-state index contributed by atoms with van der Waals surface area (Å²) in [6.45, 7) is 1.01. The molecule has 1 heterocycles. The SMILES string of the molecule is N#Cc1ccc(F)cc1CNC1CCC(=O)NC1. The molecule has 1 atom stereocenters. The van der Waals surface area contributed by atoms with Crippen molar-refractivity contribution in [3.05, 3.63) is 35.1 Å². The zero-order chi connectivity index (χ0) is 13.0. The van der Waals surface area contributed by atoms with Crippen LogP contribution in [-0.4, -0.2) is 18.5 Å². The van der Waals surface area contributed by atoms with Crippen LogP contribution in [0.3, 0.4) is 0 Å². The summed E-state index contributed by atoms with van der Waals surface area (Å²) in [5.41, 5.74) is 1.12. The molecule has 94 valence electrons. The van der Waals surface area contributed by atoms with Crippen molar-refractivity contribution in [3.8, 4) is 6.07 Å². The quantitative estimate of drug-likeness (QED) is 0.839. The normalized spacial score (nSPS) is 19.1. The molecule has 1 aromatic carbocycles. The molecule has 2 N–H and O–H groups in total. The van der Waals surface area contributed by atoms with E-state index in [9.17, 15) is 9.18 Å². The molecule has 1 unspecified atom stereocenters. The largest absolute Gasteiger partial charge is 0.355 e. The standard InChI is InChI=1S/C13H14FN3O/c14-11-2-1-9(6-15)10(5-11)7-16-12-3-4-13(18)17-8-12/h1-2,5,12,16H,3-4,7-8H2,(H,17,18). The molecule has 1 fully saturated rings. The molecule has 0 saturated carbocycles. The fourth-order valence-electron chi connectivity index (χ4n) is 1.98. The third-order valence-corrected chi connectivity index (χ3v) is 3.03. The minimum Gasteiger partial charge on any atom is -0.355 e. The second-order valence-corrected chi connectivity index (χ2v) is 4.33. The fraction of sp³-hybridized carbons (Fsp3) is 0.385. The Kier molecular flexibility index (Phi) is 3.90. The van der Waals surface area contributed by atoms with Gasteiger partial charge in [-0.15, -0.1) is 0 Å². The van der Waals surface area contributed by atoms with E-state index in [1.807, 2.05) is 6.07 Å². The van der Waals surface area contributed by atoms with Gasteiger partial charge in [0.15, 0.2) is 0 Å². The van der Waals surface area contributed by atoms with Gasteiger partial charge in [-0.1, -0.05) is 0 Å². The van der Waals surface area contributed by atoms with Crippen LogP contribution in [0.25, 0.3) is 0 Å². The Bertz CT molecular complexity index is 485. The van der Waals surface area contributed by atoms with Crippen LogP contribution in [0.5, 0.6) is 0 Å². The van der Waals surface area contributed by atoms with Crippen molar-refractivity contribution in [2.75, 3.05) is 6.54 Å². The van der Waals surface area contributed by atoms with E-state index in [1.165, 1.54) is 18.2 Å². The van der Waals surface area contributed by atoms with E-state index in [0.717, 1.165) is 6.42 Å². The van der Waals surface area contributed by atoms with Gasteiger partial charge in [0.1, 0.15) is 5.82 Å². The summed E-state index contributed by atoms with van der Waals surface area (Å²) in [5.74, 6) is -0.278. The lowest BCUT2D eigenvalue weighted by Crippen LogP contribution is -2.45. The molecule has 0 spiro atoms. The molecule has 4 nitrogen and oxygen atoms in total. The summed E-state index contributed by atoms with van der Waals surface area (Å²) in [7, 11) is 0. The minimum atomic E-state index is -0.345. The number of halogens is 1. The first-order valence-corrected chi connectivity index (χ1v) is 5.87. The van der Waals surface area contributed by atoms with E-state index < -0.39 is 0 Å². The van der Waals surface area contributed by atoms with E-state index >= 15 is 0 Å².